The van der Waals surface area contributed by atoms with Gasteiger partial charge in [-0.2, -0.15) is 0 Å². The van der Waals surface area contributed by atoms with E-state index in [1.54, 1.807) is 12.1 Å². The number of anilines is 6. The van der Waals surface area contributed by atoms with Crippen molar-refractivity contribution >= 4 is 82.6 Å². The van der Waals surface area contributed by atoms with Crippen molar-refractivity contribution in [2.45, 2.75) is 43.9 Å². The van der Waals surface area contributed by atoms with Crippen molar-refractivity contribution in [3.05, 3.63) is 205 Å². The molecule has 2 nitrogen and oxygen atoms in total. The Kier molecular flexibility index (Phi) is 9.16. The van der Waals surface area contributed by atoms with Crippen LogP contribution in [0.4, 0.5) is 42.9 Å². The van der Waals surface area contributed by atoms with Crippen molar-refractivity contribution in [1.82, 2.24) is 0 Å². The lowest BCUT2D eigenvalue weighted by molar-refractivity contribution is 0.627. The summed E-state index contributed by atoms with van der Waals surface area (Å²) in [5.41, 5.74) is 11.5. The highest BCUT2D eigenvalue weighted by Crippen LogP contribution is 2.64. The summed E-state index contributed by atoms with van der Waals surface area (Å²) in [5, 5.41) is 7.35. The van der Waals surface area contributed by atoms with Crippen LogP contribution in [-0.4, -0.2) is 16.1 Å². The fourth-order valence-electron chi connectivity index (χ4n) is 11.1. The van der Waals surface area contributed by atoms with Crippen LogP contribution in [0.25, 0.3) is 43.4 Å². The third-order valence-corrected chi connectivity index (χ3v) is 23.0. The molecule has 0 aromatic heterocycles. The first-order chi connectivity index (χ1) is 29.4. The summed E-state index contributed by atoms with van der Waals surface area (Å²) >= 11 is 0. The number of hydrogen-bond acceptors (Lipinski definition) is 2. The molecule has 0 amide bonds. The van der Waals surface area contributed by atoms with Gasteiger partial charge in [-0.1, -0.05) is 130 Å². The van der Waals surface area contributed by atoms with Gasteiger partial charge in [0.15, 0.2) is 0 Å². The molecule has 300 valence electrons. The average Bonchev–Trinajstić information content (AvgIpc) is 3.60. The molecule has 1 aliphatic rings. The molecular weight excluding hydrogens is 783 g/mol. The molecule has 61 heavy (non-hydrogen) atoms. The van der Waals surface area contributed by atoms with E-state index < -0.39 is 16.1 Å². The Bertz CT molecular complexity index is 3100. The summed E-state index contributed by atoms with van der Waals surface area (Å²) in [4.78, 5) is 4.55. The third-order valence-electron chi connectivity index (χ3n) is 13.0. The van der Waals surface area contributed by atoms with Gasteiger partial charge in [0.2, 0.25) is 0 Å². The number of halogens is 2. The molecule has 0 N–H and O–H groups in total. The van der Waals surface area contributed by atoms with Gasteiger partial charge in [-0.05, 0) is 140 Å². The van der Waals surface area contributed by atoms with E-state index in [0.717, 1.165) is 39.5 Å². The maximum Gasteiger partial charge on any atom is 0.123 e. The quantitative estimate of drug-likeness (QED) is 0.111. The first-order valence-corrected chi connectivity index (χ1v) is 28.2. The zero-order valence-electron chi connectivity index (χ0n) is 35.5. The molecular formula is C55H48F2N2Si2. The normalized spacial score (nSPS) is 13.4. The highest BCUT2D eigenvalue weighted by molar-refractivity contribution is 7.00. The molecule has 0 bridgehead atoms. The van der Waals surface area contributed by atoms with E-state index in [9.17, 15) is 8.78 Å². The summed E-state index contributed by atoms with van der Waals surface area (Å²) in [5.74, 6) is -0.514. The van der Waals surface area contributed by atoms with Crippen LogP contribution in [-0.2, 0) is 4.66 Å². The lowest BCUT2D eigenvalue weighted by atomic mass is 9.89. The monoisotopic (exact) mass is 830 g/mol. The van der Waals surface area contributed by atoms with Gasteiger partial charge in [0.25, 0.3) is 0 Å². The van der Waals surface area contributed by atoms with Crippen LogP contribution in [0, 0.1) is 11.6 Å². The first-order valence-electron chi connectivity index (χ1n) is 21.2. The maximum atomic E-state index is 14.6. The van der Waals surface area contributed by atoms with E-state index in [-0.39, 0.29) is 16.3 Å². The Morgan fingerprint density at radius 3 is 1.33 bits per heavy atom. The van der Waals surface area contributed by atoms with Gasteiger partial charge in [-0.15, -0.1) is 0 Å². The molecule has 0 unspecified atom stereocenters. The number of nitrogens with zero attached hydrogens (tertiary/aromatic N) is 2. The molecule has 0 saturated carbocycles. The molecule has 0 heterocycles. The SMILES string of the molecule is C[Si](C)(C)C1([Si](C)(C)C)c2cc(N(c3ccccc3)c3ccc(F)cc3)c3ccccc3c2-c2c1c1ccc(N(c3ccccc3)c3ccc(F)cc3)cc1c1ccccc21. The van der Waals surface area contributed by atoms with Crippen LogP contribution in [0.1, 0.15) is 11.1 Å². The van der Waals surface area contributed by atoms with Crippen LogP contribution in [0.5, 0.6) is 0 Å². The Morgan fingerprint density at radius 1 is 0.361 bits per heavy atom. The molecule has 9 aromatic rings. The molecule has 1 aliphatic carbocycles. The lowest BCUT2D eigenvalue weighted by Gasteiger charge is -2.52. The van der Waals surface area contributed by atoms with Crippen molar-refractivity contribution in [3.63, 3.8) is 0 Å². The molecule has 9 aromatic carbocycles. The van der Waals surface area contributed by atoms with Crippen LogP contribution in [0.2, 0.25) is 39.3 Å². The van der Waals surface area contributed by atoms with E-state index in [1.807, 2.05) is 36.4 Å². The first kappa shape index (κ1) is 38.8. The largest absolute Gasteiger partial charge is 0.310 e. The molecule has 0 aliphatic heterocycles. The predicted molar refractivity (Wildman–Crippen MR) is 261 cm³/mol. The van der Waals surface area contributed by atoms with Gasteiger partial charge in [0.1, 0.15) is 11.6 Å². The molecule has 0 spiro atoms. The van der Waals surface area contributed by atoms with E-state index in [2.05, 4.69) is 170 Å². The van der Waals surface area contributed by atoms with E-state index in [0.29, 0.717) is 0 Å². The molecule has 10 rings (SSSR count). The summed E-state index contributed by atoms with van der Waals surface area (Å²) in [6, 6.07) is 62.0. The van der Waals surface area contributed by atoms with Crippen molar-refractivity contribution in [2.24, 2.45) is 0 Å². The van der Waals surface area contributed by atoms with E-state index in [1.165, 1.54) is 61.3 Å². The zero-order chi connectivity index (χ0) is 42.3. The highest BCUT2D eigenvalue weighted by Gasteiger charge is 2.60. The number of fused-ring (bicyclic) bond motifs is 10. The third kappa shape index (κ3) is 5.99. The van der Waals surface area contributed by atoms with Crippen LogP contribution in [0.15, 0.2) is 182 Å². The van der Waals surface area contributed by atoms with Gasteiger partial charge in [0, 0.05) is 38.5 Å². The molecule has 0 atom stereocenters. The van der Waals surface area contributed by atoms with Crippen LogP contribution in [0.3, 0.4) is 0 Å². The standard InChI is InChI=1S/C55H48F2N2Si2/c1-60(2,3)55(61(4,5)6)50-36-51(59(40-19-11-8-12-20-40)42-31-27-38(57)28-32-42)45-22-14-16-24-47(45)52(50)53-46-23-15-13-21-44(46)49-35-43(33-34-48(49)54(53)55)58(39-17-9-7-10-18-39)41-29-25-37(56)26-30-41/h7-36H,1-6H3. The van der Waals surface area contributed by atoms with E-state index >= 15 is 0 Å². The average molecular weight is 831 g/mol. The minimum atomic E-state index is -2.23. The smallest absolute Gasteiger partial charge is 0.123 e. The fourth-order valence-corrected chi connectivity index (χ4v) is 24.1. The van der Waals surface area contributed by atoms with Crippen LogP contribution < -0.4 is 9.80 Å². The highest BCUT2D eigenvalue weighted by atomic mass is 28.4. The maximum absolute atomic E-state index is 14.6. The molecule has 6 heteroatoms. The van der Waals surface area contributed by atoms with Gasteiger partial charge in [-0.25, -0.2) is 8.78 Å². The molecule has 0 radical (unpaired) electrons. The lowest BCUT2D eigenvalue weighted by Crippen LogP contribution is -2.63. The Morgan fingerprint density at radius 2 is 0.787 bits per heavy atom. The topological polar surface area (TPSA) is 6.48 Å². The number of benzene rings is 9. The Labute approximate surface area is 359 Å². The second-order valence-electron chi connectivity index (χ2n) is 18.4. The van der Waals surface area contributed by atoms with Crippen molar-refractivity contribution < 1.29 is 8.78 Å². The Hall–Kier alpha value is -6.35. The minimum absolute atomic E-state index is 0.228. The predicted octanol–water partition coefficient (Wildman–Crippen LogP) is 16.4. The zero-order valence-corrected chi connectivity index (χ0v) is 37.5. The van der Waals surface area contributed by atoms with E-state index in [4.69, 9.17) is 0 Å². The van der Waals surface area contributed by atoms with Gasteiger partial charge in [-0.3, -0.25) is 0 Å². The number of hydrogen-bond donors (Lipinski definition) is 0. The fraction of sp³-hybridized carbons (Fsp3) is 0.127. The van der Waals surface area contributed by atoms with Gasteiger partial charge in [0.05, 0.1) is 21.8 Å². The van der Waals surface area contributed by atoms with Crippen molar-refractivity contribution in [1.29, 1.82) is 0 Å². The summed E-state index contributed by atoms with van der Waals surface area (Å²) < 4.78 is 28.7. The second-order valence-corrected chi connectivity index (χ2v) is 29.4. The van der Waals surface area contributed by atoms with Gasteiger partial charge >= 0.3 is 0 Å². The minimum Gasteiger partial charge on any atom is -0.310 e. The number of rotatable bonds is 8. The molecule has 0 saturated heterocycles. The van der Waals surface area contributed by atoms with Gasteiger partial charge < -0.3 is 9.80 Å². The molecule has 0 fully saturated rings. The number of para-hydroxylation sites is 2. The summed E-state index contributed by atoms with van der Waals surface area (Å²) in [6.45, 7) is 15.5. The van der Waals surface area contributed by atoms with Crippen LogP contribution >= 0.6 is 0 Å². The summed E-state index contributed by atoms with van der Waals surface area (Å²) in [7, 11) is -4.45. The van der Waals surface area contributed by atoms with Crippen molar-refractivity contribution in [2.75, 3.05) is 9.80 Å². The summed E-state index contributed by atoms with van der Waals surface area (Å²) in [6.07, 6.45) is 0. The van der Waals surface area contributed by atoms with Crippen molar-refractivity contribution in [3.8, 4) is 11.1 Å². The second kappa shape index (κ2) is 14.4. The Balaban J connectivity index is 1.35.